The van der Waals surface area contributed by atoms with E-state index in [1.54, 1.807) is 0 Å². The molecule has 17 heavy (non-hydrogen) atoms. The van der Waals surface area contributed by atoms with Crippen molar-refractivity contribution in [1.29, 1.82) is 5.26 Å². The topological polar surface area (TPSA) is 23.8 Å². The largest absolute Gasteiger partial charge is 0.198 e. The summed E-state index contributed by atoms with van der Waals surface area (Å²) in [6.07, 6.45) is 8.76. The highest BCUT2D eigenvalue weighted by atomic mass is 14.3. The van der Waals surface area contributed by atoms with Gasteiger partial charge in [0.2, 0.25) is 0 Å². The van der Waals surface area contributed by atoms with Gasteiger partial charge in [0.1, 0.15) is 0 Å². The molecule has 1 aromatic carbocycles. The predicted octanol–water partition coefficient (Wildman–Crippen LogP) is 5.04. The van der Waals surface area contributed by atoms with E-state index in [1.807, 2.05) is 18.2 Å². The number of benzene rings is 1. The van der Waals surface area contributed by atoms with Crippen LogP contribution in [0.15, 0.2) is 30.3 Å². The molecule has 1 atom stereocenters. The molecule has 0 aliphatic heterocycles. The first-order valence-corrected chi connectivity index (χ1v) is 6.83. The van der Waals surface area contributed by atoms with Crippen molar-refractivity contribution in [3.63, 3.8) is 0 Å². The Hall–Kier alpha value is -1.29. The van der Waals surface area contributed by atoms with E-state index in [0.29, 0.717) is 0 Å². The van der Waals surface area contributed by atoms with Crippen LogP contribution in [-0.4, -0.2) is 0 Å². The van der Waals surface area contributed by atoms with E-state index >= 15 is 0 Å². The van der Waals surface area contributed by atoms with Crippen molar-refractivity contribution in [3.8, 4) is 6.07 Å². The normalized spacial score (nSPS) is 12.0. The van der Waals surface area contributed by atoms with Crippen molar-refractivity contribution in [2.75, 3.05) is 0 Å². The Kier molecular flexibility index (Phi) is 7.14. The average molecular weight is 229 g/mol. The van der Waals surface area contributed by atoms with Gasteiger partial charge in [-0.3, -0.25) is 0 Å². The molecule has 0 aliphatic carbocycles. The van der Waals surface area contributed by atoms with Crippen LogP contribution in [0.4, 0.5) is 0 Å². The Morgan fingerprint density at radius 2 is 1.65 bits per heavy atom. The van der Waals surface area contributed by atoms with Crippen LogP contribution < -0.4 is 0 Å². The molecule has 0 N–H and O–H groups in total. The highest BCUT2D eigenvalue weighted by Gasteiger charge is 2.08. The monoisotopic (exact) mass is 229 g/mol. The highest BCUT2D eigenvalue weighted by molar-refractivity contribution is 5.24. The number of hydrogen-bond acceptors (Lipinski definition) is 1. The minimum absolute atomic E-state index is 0.0855. The number of rotatable bonds is 8. The molecule has 1 unspecified atom stereocenters. The molecule has 1 nitrogen and oxygen atoms in total. The molecule has 0 radical (unpaired) electrons. The summed E-state index contributed by atoms with van der Waals surface area (Å²) in [6, 6.07) is 12.6. The van der Waals surface area contributed by atoms with E-state index in [4.69, 9.17) is 0 Å². The van der Waals surface area contributed by atoms with Gasteiger partial charge in [0.25, 0.3) is 0 Å². The first-order valence-electron chi connectivity index (χ1n) is 6.83. The van der Waals surface area contributed by atoms with Crippen LogP contribution in [0.1, 0.15) is 63.4 Å². The second kappa shape index (κ2) is 8.82. The van der Waals surface area contributed by atoms with Crippen LogP contribution in [-0.2, 0) is 0 Å². The van der Waals surface area contributed by atoms with Gasteiger partial charge in [0.15, 0.2) is 0 Å². The molecule has 0 saturated heterocycles. The molecule has 0 bridgehead atoms. The molecule has 92 valence electrons. The fraction of sp³-hybridized carbons (Fsp3) is 0.562. The summed E-state index contributed by atoms with van der Waals surface area (Å²) in [6.45, 7) is 2.24. The molecule has 0 aromatic heterocycles. The second-order valence-corrected chi connectivity index (χ2v) is 4.65. The van der Waals surface area contributed by atoms with E-state index < -0.39 is 0 Å². The van der Waals surface area contributed by atoms with Gasteiger partial charge in [-0.25, -0.2) is 0 Å². The number of nitriles is 1. The third-order valence-corrected chi connectivity index (χ3v) is 3.20. The van der Waals surface area contributed by atoms with Gasteiger partial charge < -0.3 is 0 Å². The molecular formula is C16H23N. The van der Waals surface area contributed by atoms with Gasteiger partial charge in [0.05, 0.1) is 12.0 Å². The lowest BCUT2D eigenvalue weighted by Gasteiger charge is -2.08. The van der Waals surface area contributed by atoms with Gasteiger partial charge in [-0.1, -0.05) is 75.8 Å². The van der Waals surface area contributed by atoms with Crippen LogP contribution in [0.2, 0.25) is 0 Å². The number of hydrogen-bond donors (Lipinski definition) is 0. The minimum Gasteiger partial charge on any atom is -0.198 e. The molecule has 1 heteroatoms. The molecule has 1 aromatic rings. The Bertz CT molecular complexity index is 323. The Morgan fingerprint density at radius 1 is 1.00 bits per heavy atom. The smallest absolute Gasteiger partial charge is 0.0712 e. The standard InChI is InChI=1S/C16H23N/c1-2-3-4-5-6-8-13-16(14-17)15-11-9-7-10-12-15/h7,9-12,16H,2-6,8,13H2,1H3. The molecule has 0 spiro atoms. The summed E-state index contributed by atoms with van der Waals surface area (Å²) >= 11 is 0. The van der Waals surface area contributed by atoms with Gasteiger partial charge in [-0.15, -0.1) is 0 Å². The van der Waals surface area contributed by atoms with Crippen LogP contribution in [0.25, 0.3) is 0 Å². The van der Waals surface area contributed by atoms with E-state index in [-0.39, 0.29) is 5.92 Å². The summed E-state index contributed by atoms with van der Waals surface area (Å²) in [5.41, 5.74) is 1.17. The first kappa shape index (κ1) is 13.8. The average Bonchev–Trinajstić information content (AvgIpc) is 2.39. The van der Waals surface area contributed by atoms with Crippen molar-refractivity contribution < 1.29 is 0 Å². The highest BCUT2D eigenvalue weighted by Crippen LogP contribution is 2.21. The third kappa shape index (κ3) is 5.54. The van der Waals surface area contributed by atoms with E-state index in [1.165, 1.54) is 44.1 Å². The molecule has 0 heterocycles. The predicted molar refractivity (Wildman–Crippen MR) is 72.8 cm³/mol. The van der Waals surface area contributed by atoms with Crippen molar-refractivity contribution in [2.45, 2.75) is 57.8 Å². The lowest BCUT2D eigenvalue weighted by molar-refractivity contribution is 0.575. The summed E-state index contributed by atoms with van der Waals surface area (Å²) in [5, 5.41) is 9.17. The van der Waals surface area contributed by atoms with Gasteiger partial charge in [0, 0.05) is 0 Å². The van der Waals surface area contributed by atoms with Crippen LogP contribution >= 0.6 is 0 Å². The Morgan fingerprint density at radius 3 is 2.29 bits per heavy atom. The molecule has 0 saturated carbocycles. The molecule has 0 amide bonds. The van der Waals surface area contributed by atoms with Crippen LogP contribution in [0.3, 0.4) is 0 Å². The molecule has 0 fully saturated rings. The zero-order valence-corrected chi connectivity index (χ0v) is 10.9. The second-order valence-electron chi connectivity index (χ2n) is 4.65. The molecular weight excluding hydrogens is 206 g/mol. The molecule has 0 aliphatic rings. The van der Waals surface area contributed by atoms with E-state index in [9.17, 15) is 5.26 Å². The zero-order chi connectivity index (χ0) is 12.3. The maximum absolute atomic E-state index is 9.17. The lowest BCUT2D eigenvalue weighted by Crippen LogP contribution is -1.95. The van der Waals surface area contributed by atoms with E-state index in [2.05, 4.69) is 25.1 Å². The number of nitrogens with zero attached hydrogens (tertiary/aromatic N) is 1. The van der Waals surface area contributed by atoms with Crippen molar-refractivity contribution in [1.82, 2.24) is 0 Å². The zero-order valence-electron chi connectivity index (χ0n) is 10.9. The minimum atomic E-state index is 0.0855. The lowest BCUT2D eigenvalue weighted by atomic mass is 9.94. The first-order chi connectivity index (χ1) is 8.38. The fourth-order valence-corrected chi connectivity index (χ4v) is 2.12. The summed E-state index contributed by atoms with van der Waals surface area (Å²) < 4.78 is 0. The maximum atomic E-state index is 9.17. The van der Waals surface area contributed by atoms with Gasteiger partial charge >= 0.3 is 0 Å². The van der Waals surface area contributed by atoms with Crippen molar-refractivity contribution >= 4 is 0 Å². The summed E-state index contributed by atoms with van der Waals surface area (Å²) in [7, 11) is 0. The van der Waals surface area contributed by atoms with Gasteiger partial charge in [-0.2, -0.15) is 5.26 Å². The summed E-state index contributed by atoms with van der Waals surface area (Å²) in [5.74, 6) is 0.0855. The fourth-order valence-electron chi connectivity index (χ4n) is 2.12. The SMILES string of the molecule is CCCCCCCCC(C#N)c1ccccc1. The third-order valence-electron chi connectivity index (χ3n) is 3.20. The van der Waals surface area contributed by atoms with E-state index in [0.717, 1.165) is 6.42 Å². The van der Waals surface area contributed by atoms with Crippen molar-refractivity contribution in [3.05, 3.63) is 35.9 Å². The molecule has 1 rings (SSSR count). The Labute approximate surface area is 105 Å². The van der Waals surface area contributed by atoms with Gasteiger partial charge in [-0.05, 0) is 12.0 Å². The van der Waals surface area contributed by atoms with Crippen molar-refractivity contribution in [2.24, 2.45) is 0 Å². The van der Waals surface area contributed by atoms with Crippen LogP contribution in [0.5, 0.6) is 0 Å². The Balaban J connectivity index is 2.23. The number of unbranched alkanes of at least 4 members (excludes halogenated alkanes) is 5. The maximum Gasteiger partial charge on any atom is 0.0712 e. The van der Waals surface area contributed by atoms with Crippen LogP contribution in [0, 0.1) is 11.3 Å². The summed E-state index contributed by atoms with van der Waals surface area (Å²) in [4.78, 5) is 0. The quantitative estimate of drug-likeness (QED) is 0.572.